The molecule has 0 aromatic rings. The monoisotopic (exact) mass is 414 g/mol. The first kappa shape index (κ1) is 20.9. The molecular formula is C26H38O4. The molecule has 3 heterocycles. The summed E-state index contributed by atoms with van der Waals surface area (Å²) in [6.45, 7) is 9.98. The van der Waals surface area contributed by atoms with E-state index in [0.717, 1.165) is 45.1 Å². The summed E-state index contributed by atoms with van der Waals surface area (Å²) in [6.07, 6.45) is 14.7. The first-order valence-corrected chi connectivity index (χ1v) is 12.0. The largest absolute Gasteiger partial charge is 0.385 e. The van der Waals surface area contributed by atoms with Crippen molar-refractivity contribution in [2.75, 3.05) is 20.3 Å². The lowest BCUT2D eigenvalue weighted by Gasteiger charge is -2.62. The molecule has 30 heavy (non-hydrogen) atoms. The van der Waals surface area contributed by atoms with Gasteiger partial charge in [-0.05, 0) is 87.5 Å². The van der Waals surface area contributed by atoms with E-state index in [1.807, 2.05) is 6.08 Å². The van der Waals surface area contributed by atoms with Crippen molar-refractivity contribution in [3.63, 3.8) is 0 Å². The standard InChI is InChI=1S/C26H38O4/c1-5-14-28-25-13-11-18(2)29-23(17-24(25,3)12-8-15-27-4)26-20-10-7-6-9-19(20)21(30-26)16-22(25)26/h5,16,18,21,23H,1,6-15,17H2,2-4H3/t18?,21?,23-,24-,25+,26+/m1/s1. The second-order valence-corrected chi connectivity index (χ2v) is 10.3. The molecule has 166 valence electrons. The lowest BCUT2D eigenvalue weighted by molar-refractivity contribution is -0.227. The highest BCUT2D eigenvalue weighted by Crippen LogP contribution is 2.68. The maximum Gasteiger partial charge on any atom is 0.141 e. The van der Waals surface area contributed by atoms with Gasteiger partial charge in [0.2, 0.25) is 0 Å². The molecule has 4 nitrogen and oxygen atoms in total. The molecule has 0 aromatic carbocycles. The van der Waals surface area contributed by atoms with Crippen molar-refractivity contribution >= 4 is 0 Å². The Morgan fingerprint density at radius 1 is 1.30 bits per heavy atom. The van der Waals surface area contributed by atoms with Gasteiger partial charge < -0.3 is 18.9 Å². The predicted octanol–water partition coefficient (Wildman–Crippen LogP) is 5.28. The zero-order chi connectivity index (χ0) is 21.0. The van der Waals surface area contributed by atoms with Crippen molar-refractivity contribution in [1.82, 2.24) is 0 Å². The maximum atomic E-state index is 6.93. The second kappa shape index (κ2) is 7.58. The van der Waals surface area contributed by atoms with E-state index in [0.29, 0.717) is 6.61 Å². The van der Waals surface area contributed by atoms with Gasteiger partial charge in [0.05, 0.1) is 30.5 Å². The molecular weight excluding hydrogens is 376 g/mol. The van der Waals surface area contributed by atoms with Crippen LogP contribution in [-0.2, 0) is 18.9 Å². The van der Waals surface area contributed by atoms with E-state index in [2.05, 4.69) is 26.5 Å². The van der Waals surface area contributed by atoms with E-state index >= 15 is 0 Å². The molecule has 2 aliphatic carbocycles. The Kier molecular flexibility index (Phi) is 5.29. The van der Waals surface area contributed by atoms with Crippen molar-refractivity contribution in [2.24, 2.45) is 5.41 Å². The number of hydrogen-bond donors (Lipinski definition) is 0. The van der Waals surface area contributed by atoms with Crippen LogP contribution in [0.1, 0.15) is 71.6 Å². The molecule has 4 bridgehead atoms. The molecule has 4 heteroatoms. The SMILES string of the molecule is C=CCO[C@]12CCC(C)O[C@H](C[C@@]1(C)CCCOC)[C@@]13OC(C=C12)C1=C3CCCC1. The minimum atomic E-state index is -0.392. The Hall–Kier alpha value is -0.940. The highest BCUT2D eigenvalue weighted by molar-refractivity contribution is 5.58. The van der Waals surface area contributed by atoms with Gasteiger partial charge in [0.25, 0.3) is 0 Å². The van der Waals surface area contributed by atoms with E-state index in [-0.39, 0.29) is 29.3 Å². The van der Waals surface area contributed by atoms with E-state index in [9.17, 15) is 0 Å². The lowest BCUT2D eigenvalue weighted by atomic mass is 9.50. The fourth-order valence-electron chi connectivity index (χ4n) is 7.34. The highest BCUT2D eigenvalue weighted by Gasteiger charge is 2.71. The zero-order valence-corrected chi connectivity index (χ0v) is 19.0. The molecule has 5 aliphatic rings. The molecule has 0 radical (unpaired) electrons. The summed E-state index contributed by atoms with van der Waals surface area (Å²) >= 11 is 0. The van der Waals surface area contributed by atoms with Crippen molar-refractivity contribution in [2.45, 2.75) is 101 Å². The van der Waals surface area contributed by atoms with E-state index in [4.69, 9.17) is 18.9 Å². The van der Waals surface area contributed by atoms with Crippen molar-refractivity contribution in [3.8, 4) is 0 Å². The number of methoxy groups -OCH3 is 1. The van der Waals surface area contributed by atoms with Gasteiger partial charge in [-0.1, -0.05) is 13.0 Å². The van der Waals surface area contributed by atoms with Crippen LogP contribution < -0.4 is 0 Å². The van der Waals surface area contributed by atoms with E-state index in [1.54, 1.807) is 18.3 Å². The van der Waals surface area contributed by atoms with Gasteiger partial charge >= 0.3 is 0 Å². The molecule has 3 aliphatic heterocycles. The van der Waals surface area contributed by atoms with Crippen LogP contribution in [0.2, 0.25) is 0 Å². The zero-order valence-electron chi connectivity index (χ0n) is 19.0. The van der Waals surface area contributed by atoms with E-state index < -0.39 is 5.60 Å². The average molecular weight is 415 g/mol. The summed E-state index contributed by atoms with van der Waals surface area (Å²) in [5, 5.41) is 0. The molecule has 6 atom stereocenters. The number of fused-ring (bicyclic) bond motifs is 6. The van der Waals surface area contributed by atoms with Gasteiger partial charge in [0.1, 0.15) is 5.60 Å². The van der Waals surface area contributed by atoms with Crippen LogP contribution in [0.15, 0.2) is 35.5 Å². The van der Waals surface area contributed by atoms with Crippen molar-refractivity contribution in [1.29, 1.82) is 0 Å². The predicted molar refractivity (Wildman–Crippen MR) is 117 cm³/mol. The summed E-state index contributed by atoms with van der Waals surface area (Å²) in [5.74, 6) is 0. The van der Waals surface area contributed by atoms with Crippen molar-refractivity contribution < 1.29 is 18.9 Å². The fraction of sp³-hybridized carbons (Fsp3) is 0.769. The minimum Gasteiger partial charge on any atom is -0.385 e. The van der Waals surface area contributed by atoms with Crippen LogP contribution in [0, 0.1) is 5.41 Å². The van der Waals surface area contributed by atoms with Crippen LogP contribution in [0.25, 0.3) is 0 Å². The number of ether oxygens (including phenoxy) is 4. The Balaban J connectivity index is 1.64. The molecule has 0 amide bonds. The molecule has 1 spiro atoms. The summed E-state index contributed by atoms with van der Waals surface area (Å²) < 4.78 is 26.0. The highest BCUT2D eigenvalue weighted by atomic mass is 16.6. The molecule has 1 saturated heterocycles. The normalized spacial score (nSPS) is 44.4. The van der Waals surface area contributed by atoms with Gasteiger partial charge in [-0.15, -0.1) is 6.58 Å². The first-order chi connectivity index (χ1) is 14.5. The van der Waals surface area contributed by atoms with Gasteiger partial charge in [-0.2, -0.15) is 0 Å². The van der Waals surface area contributed by atoms with Crippen LogP contribution in [0.5, 0.6) is 0 Å². The van der Waals surface area contributed by atoms with Crippen LogP contribution in [-0.4, -0.2) is 49.8 Å². The molecule has 2 fully saturated rings. The fourth-order valence-corrected chi connectivity index (χ4v) is 7.34. The van der Waals surface area contributed by atoms with Crippen LogP contribution in [0.4, 0.5) is 0 Å². The third kappa shape index (κ3) is 2.73. The summed E-state index contributed by atoms with van der Waals surface area (Å²) in [5.41, 5.74) is 3.74. The summed E-state index contributed by atoms with van der Waals surface area (Å²) in [7, 11) is 1.79. The second-order valence-electron chi connectivity index (χ2n) is 10.3. The van der Waals surface area contributed by atoms with Gasteiger partial charge in [-0.25, -0.2) is 0 Å². The third-order valence-electron chi connectivity index (χ3n) is 8.66. The summed E-state index contributed by atoms with van der Waals surface area (Å²) in [6, 6.07) is 0. The maximum absolute atomic E-state index is 6.93. The van der Waals surface area contributed by atoms with Crippen LogP contribution in [0.3, 0.4) is 0 Å². The summed E-state index contributed by atoms with van der Waals surface area (Å²) in [4.78, 5) is 0. The topological polar surface area (TPSA) is 36.9 Å². The molecule has 5 rings (SSSR count). The van der Waals surface area contributed by atoms with E-state index in [1.165, 1.54) is 24.8 Å². The van der Waals surface area contributed by atoms with Gasteiger partial charge in [-0.3, -0.25) is 0 Å². The minimum absolute atomic E-state index is 0.0142. The average Bonchev–Trinajstić information content (AvgIpc) is 3.28. The quantitative estimate of drug-likeness (QED) is 0.419. The Morgan fingerprint density at radius 2 is 2.13 bits per heavy atom. The molecule has 2 unspecified atom stereocenters. The van der Waals surface area contributed by atoms with Gasteiger partial charge in [0.15, 0.2) is 0 Å². The smallest absolute Gasteiger partial charge is 0.141 e. The van der Waals surface area contributed by atoms with Gasteiger partial charge in [0, 0.05) is 19.1 Å². The Morgan fingerprint density at radius 3 is 2.93 bits per heavy atom. The number of hydrogen-bond acceptors (Lipinski definition) is 4. The molecule has 0 N–H and O–H groups in total. The van der Waals surface area contributed by atoms with Crippen molar-refractivity contribution in [3.05, 3.63) is 35.5 Å². The lowest BCUT2D eigenvalue weighted by Crippen LogP contribution is -2.67. The molecule has 0 aromatic heterocycles. The van der Waals surface area contributed by atoms with Crippen LogP contribution >= 0.6 is 0 Å². The Bertz CT molecular complexity index is 769. The number of rotatable bonds is 7. The third-order valence-corrected chi connectivity index (χ3v) is 8.66. The first-order valence-electron chi connectivity index (χ1n) is 12.0. The Labute approximate surface area is 181 Å². The molecule has 1 saturated carbocycles.